The van der Waals surface area contributed by atoms with Gasteiger partial charge in [-0.1, -0.05) is 23.7 Å². The second kappa shape index (κ2) is 8.32. The fourth-order valence-electron chi connectivity index (χ4n) is 2.74. The number of carbonyl (C=O) groups is 2. The van der Waals surface area contributed by atoms with Gasteiger partial charge in [0.1, 0.15) is 17.1 Å². The lowest BCUT2D eigenvalue weighted by atomic mass is 10.1. The summed E-state index contributed by atoms with van der Waals surface area (Å²) >= 11 is 6.36. The van der Waals surface area contributed by atoms with Crippen molar-refractivity contribution in [1.29, 1.82) is 0 Å². The Labute approximate surface area is 171 Å². The van der Waals surface area contributed by atoms with E-state index in [0.29, 0.717) is 16.9 Å². The van der Waals surface area contributed by atoms with E-state index in [0.717, 1.165) is 0 Å². The van der Waals surface area contributed by atoms with E-state index >= 15 is 0 Å². The number of ether oxygens (including phenoxy) is 2. The van der Waals surface area contributed by atoms with E-state index in [1.165, 1.54) is 7.11 Å². The number of anilines is 1. The van der Waals surface area contributed by atoms with Crippen LogP contribution in [0, 0.1) is 6.92 Å². The summed E-state index contributed by atoms with van der Waals surface area (Å²) in [5.74, 6) is -0.469. The number of aryl methyl sites for hydroxylation is 1. The van der Waals surface area contributed by atoms with Crippen molar-refractivity contribution >= 4 is 51.6 Å². The van der Waals surface area contributed by atoms with Gasteiger partial charge < -0.3 is 19.6 Å². The average molecular weight is 416 g/mol. The Hall–Kier alpha value is -3.39. The summed E-state index contributed by atoms with van der Waals surface area (Å²) in [6, 6.07) is 6.63. The first-order valence-electron chi connectivity index (χ1n) is 8.65. The maximum atomic E-state index is 12.2. The van der Waals surface area contributed by atoms with E-state index < -0.39 is 11.9 Å². The minimum Gasteiger partial charge on any atom is -0.465 e. The van der Waals surface area contributed by atoms with Crippen LogP contribution in [0.3, 0.4) is 0 Å². The van der Waals surface area contributed by atoms with Gasteiger partial charge in [-0.15, -0.1) is 0 Å². The van der Waals surface area contributed by atoms with Crippen LogP contribution < -0.4 is 5.73 Å². The summed E-state index contributed by atoms with van der Waals surface area (Å²) in [6.45, 7) is 3.54. The highest BCUT2D eigenvalue weighted by molar-refractivity contribution is 6.50. The number of halogens is 1. The molecule has 0 aliphatic rings. The summed E-state index contributed by atoms with van der Waals surface area (Å²) < 4.78 is 15.3. The normalized spacial score (nSPS) is 11.5. The van der Waals surface area contributed by atoms with Gasteiger partial charge >= 0.3 is 11.9 Å². The number of furan rings is 1. The lowest BCUT2D eigenvalue weighted by Crippen LogP contribution is -2.07. The maximum Gasteiger partial charge on any atom is 0.342 e. The van der Waals surface area contributed by atoms with Gasteiger partial charge in [0.2, 0.25) is 5.71 Å². The van der Waals surface area contributed by atoms with Crippen LogP contribution in [-0.2, 0) is 9.47 Å². The minimum atomic E-state index is -0.556. The van der Waals surface area contributed by atoms with Crippen LogP contribution >= 0.6 is 11.6 Å². The molecular weight excluding hydrogens is 398 g/mol. The van der Waals surface area contributed by atoms with Crippen LogP contribution in [0.5, 0.6) is 0 Å². The zero-order valence-electron chi connectivity index (χ0n) is 16.0. The van der Waals surface area contributed by atoms with Crippen molar-refractivity contribution in [3.05, 3.63) is 52.5 Å². The quantitative estimate of drug-likeness (QED) is 0.625. The van der Waals surface area contributed by atoms with Crippen molar-refractivity contribution in [1.82, 2.24) is 9.97 Å². The second-order valence-electron chi connectivity index (χ2n) is 5.97. The van der Waals surface area contributed by atoms with Crippen LogP contribution in [0.1, 0.15) is 44.8 Å². The number of nitrogens with two attached hydrogens (primary N) is 1. The lowest BCUT2D eigenvalue weighted by molar-refractivity contribution is 0.0525. The Balaban J connectivity index is 1.98. The van der Waals surface area contributed by atoms with Gasteiger partial charge in [0.25, 0.3) is 0 Å². The molecule has 3 rings (SSSR count). The Kier molecular flexibility index (Phi) is 5.84. The summed E-state index contributed by atoms with van der Waals surface area (Å²) in [7, 11) is 1.31. The Morgan fingerprint density at radius 3 is 2.52 bits per heavy atom. The predicted molar refractivity (Wildman–Crippen MR) is 108 cm³/mol. The Morgan fingerprint density at radius 2 is 1.90 bits per heavy atom. The van der Waals surface area contributed by atoms with Crippen molar-refractivity contribution < 1.29 is 23.5 Å². The molecule has 0 atom stereocenters. The van der Waals surface area contributed by atoms with Crippen molar-refractivity contribution in [2.75, 3.05) is 19.5 Å². The molecule has 3 aromatic rings. The van der Waals surface area contributed by atoms with Gasteiger partial charge in [0.05, 0.1) is 29.7 Å². The molecular formula is C20H18ClN3O5. The first-order chi connectivity index (χ1) is 13.8. The van der Waals surface area contributed by atoms with Gasteiger partial charge in [-0.3, -0.25) is 0 Å². The summed E-state index contributed by atoms with van der Waals surface area (Å²) in [5.41, 5.74) is 7.52. The molecule has 8 nitrogen and oxygen atoms in total. The molecule has 0 aliphatic heterocycles. The second-order valence-corrected chi connectivity index (χ2v) is 6.38. The van der Waals surface area contributed by atoms with Crippen LogP contribution in [0.15, 0.2) is 28.7 Å². The molecule has 29 heavy (non-hydrogen) atoms. The zero-order chi connectivity index (χ0) is 21.1. The molecule has 0 fully saturated rings. The fourth-order valence-corrected chi connectivity index (χ4v) is 2.95. The molecule has 0 unspecified atom stereocenters. The number of hydrogen-bond donors (Lipinski definition) is 1. The highest BCUT2D eigenvalue weighted by atomic mass is 35.5. The maximum absolute atomic E-state index is 12.2. The fraction of sp³-hybridized carbons (Fsp3) is 0.200. The van der Waals surface area contributed by atoms with E-state index in [1.807, 2.05) is 0 Å². The molecule has 0 amide bonds. The first-order valence-corrected chi connectivity index (χ1v) is 9.03. The molecule has 2 heterocycles. The summed E-state index contributed by atoms with van der Waals surface area (Å²) in [5, 5.41) is 0.493. The number of hydrogen-bond acceptors (Lipinski definition) is 8. The van der Waals surface area contributed by atoms with Crippen molar-refractivity contribution in [2.45, 2.75) is 13.8 Å². The molecule has 2 aromatic heterocycles. The van der Waals surface area contributed by atoms with Crippen LogP contribution in [0.4, 0.5) is 5.82 Å². The molecule has 0 spiro atoms. The summed E-state index contributed by atoms with van der Waals surface area (Å²) in [6.07, 6.45) is 1.62. The smallest absolute Gasteiger partial charge is 0.342 e. The highest BCUT2D eigenvalue weighted by Crippen LogP contribution is 2.31. The predicted octanol–water partition coefficient (Wildman–Crippen LogP) is 3.81. The molecule has 150 valence electrons. The molecule has 0 saturated carbocycles. The number of aromatic nitrogens is 2. The third-order valence-electron chi connectivity index (χ3n) is 4.07. The molecule has 0 radical (unpaired) electrons. The number of fused-ring (bicyclic) bond motifs is 1. The number of nitrogen functional groups attached to an aromatic ring is 1. The van der Waals surface area contributed by atoms with Gasteiger partial charge in [-0.25, -0.2) is 14.6 Å². The number of nitrogens with zero attached hydrogens (tertiary/aromatic N) is 2. The molecule has 9 heteroatoms. The van der Waals surface area contributed by atoms with Crippen LogP contribution in [0.25, 0.3) is 22.2 Å². The highest BCUT2D eigenvalue weighted by Gasteiger charge is 2.24. The van der Waals surface area contributed by atoms with E-state index in [1.54, 1.807) is 44.2 Å². The van der Waals surface area contributed by atoms with Gasteiger partial charge in [0.15, 0.2) is 5.82 Å². The Bertz CT molecular complexity index is 1120. The Morgan fingerprint density at radius 1 is 1.21 bits per heavy atom. The molecule has 0 bridgehead atoms. The number of benzene rings is 1. The third-order valence-corrected chi connectivity index (χ3v) is 4.35. The molecule has 1 aromatic carbocycles. The third kappa shape index (κ3) is 4.07. The lowest BCUT2D eigenvalue weighted by Gasteiger charge is -2.04. The molecule has 0 aliphatic carbocycles. The molecule has 0 saturated heterocycles. The zero-order valence-corrected chi connectivity index (χ0v) is 16.7. The van der Waals surface area contributed by atoms with Crippen molar-refractivity contribution in [2.24, 2.45) is 0 Å². The van der Waals surface area contributed by atoms with E-state index in [2.05, 4.69) is 14.7 Å². The average Bonchev–Trinajstić information content (AvgIpc) is 3.04. The number of esters is 2. The van der Waals surface area contributed by atoms with E-state index in [9.17, 15) is 9.59 Å². The van der Waals surface area contributed by atoms with Gasteiger partial charge in [-0.2, -0.15) is 4.98 Å². The number of carbonyl (C=O) groups excluding carboxylic acids is 2. The van der Waals surface area contributed by atoms with E-state index in [-0.39, 0.29) is 39.9 Å². The van der Waals surface area contributed by atoms with Crippen LogP contribution in [-0.4, -0.2) is 35.6 Å². The van der Waals surface area contributed by atoms with Gasteiger partial charge in [0, 0.05) is 0 Å². The number of methoxy groups -OCH3 is 1. The van der Waals surface area contributed by atoms with Crippen molar-refractivity contribution in [3.8, 4) is 0 Å². The topological polar surface area (TPSA) is 118 Å². The minimum absolute atomic E-state index is 0.0532. The summed E-state index contributed by atoms with van der Waals surface area (Å²) in [4.78, 5) is 32.2. The standard InChI is InChI=1S/C20H18ClN3O5/c1-4-28-20(26)14-10(2)29-18-15(14)16(22)23-17(24-18)13(21)9-11-5-7-12(8-6-11)19(25)27-3/h5-9H,4H2,1-3H3,(H2,22,23,24). The monoisotopic (exact) mass is 415 g/mol. The van der Waals surface area contributed by atoms with Crippen molar-refractivity contribution in [3.63, 3.8) is 0 Å². The molecule has 2 N–H and O–H groups in total. The SMILES string of the molecule is CCOC(=O)c1c(C)oc2nc(C(Cl)=Cc3ccc(C(=O)OC)cc3)nc(N)c12. The van der Waals surface area contributed by atoms with Crippen LogP contribution in [0.2, 0.25) is 0 Å². The largest absolute Gasteiger partial charge is 0.465 e. The first kappa shape index (κ1) is 20.3. The van der Waals surface area contributed by atoms with Gasteiger partial charge in [-0.05, 0) is 37.6 Å². The number of rotatable bonds is 5. The van der Waals surface area contributed by atoms with E-state index in [4.69, 9.17) is 26.5 Å².